The van der Waals surface area contributed by atoms with Gasteiger partial charge in [0.1, 0.15) is 0 Å². The van der Waals surface area contributed by atoms with Gasteiger partial charge < -0.3 is 4.74 Å². The molecule has 1 heterocycles. The van der Waals surface area contributed by atoms with E-state index in [0.717, 1.165) is 6.07 Å². The summed E-state index contributed by atoms with van der Waals surface area (Å²) in [7, 11) is 0. The highest BCUT2D eigenvalue weighted by Gasteiger charge is 2.10. The van der Waals surface area contributed by atoms with Gasteiger partial charge in [0, 0.05) is 11.8 Å². The number of hydrazine groups is 1. The fourth-order valence-corrected chi connectivity index (χ4v) is 1.36. The standard InChI is InChI=1S/C12H10FN5O/c1-7-6-16-12(18-15)17-11(7)19-10-3-2-8(5-14)4-9(10)13/h2-4,6H,15H2,1H3,(H,16,17,18). The minimum Gasteiger partial charge on any atom is -0.435 e. The Kier molecular flexibility index (Phi) is 3.54. The van der Waals surface area contributed by atoms with Crippen molar-refractivity contribution in [2.24, 2.45) is 5.84 Å². The molecule has 0 aliphatic rings. The molecule has 19 heavy (non-hydrogen) atoms. The summed E-state index contributed by atoms with van der Waals surface area (Å²) in [4.78, 5) is 7.85. The summed E-state index contributed by atoms with van der Waals surface area (Å²) in [6.07, 6.45) is 1.50. The molecular weight excluding hydrogens is 249 g/mol. The van der Waals surface area contributed by atoms with E-state index >= 15 is 0 Å². The van der Waals surface area contributed by atoms with E-state index in [0.29, 0.717) is 5.56 Å². The summed E-state index contributed by atoms with van der Waals surface area (Å²) < 4.78 is 19.0. The highest BCUT2D eigenvalue weighted by Crippen LogP contribution is 2.26. The number of nitriles is 1. The van der Waals surface area contributed by atoms with Gasteiger partial charge in [0.05, 0.1) is 11.6 Å². The number of halogens is 1. The molecular formula is C12H10FN5O. The van der Waals surface area contributed by atoms with Gasteiger partial charge in [-0.2, -0.15) is 10.2 Å². The van der Waals surface area contributed by atoms with Crippen molar-refractivity contribution in [1.29, 1.82) is 5.26 Å². The summed E-state index contributed by atoms with van der Waals surface area (Å²) in [6, 6.07) is 5.75. The Morgan fingerprint density at radius 2 is 2.26 bits per heavy atom. The average Bonchev–Trinajstić information content (AvgIpc) is 2.43. The zero-order valence-corrected chi connectivity index (χ0v) is 10.0. The van der Waals surface area contributed by atoms with Crippen LogP contribution in [0.2, 0.25) is 0 Å². The van der Waals surface area contributed by atoms with Gasteiger partial charge in [-0.1, -0.05) is 0 Å². The van der Waals surface area contributed by atoms with E-state index in [9.17, 15) is 4.39 Å². The Balaban J connectivity index is 2.33. The summed E-state index contributed by atoms with van der Waals surface area (Å²) in [5, 5.41) is 8.65. The van der Waals surface area contributed by atoms with Crippen LogP contribution in [0.4, 0.5) is 10.3 Å². The lowest BCUT2D eigenvalue weighted by atomic mass is 10.2. The highest BCUT2D eigenvalue weighted by atomic mass is 19.1. The molecule has 0 spiro atoms. The molecule has 0 aliphatic carbocycles. The third kappa shape index (κ3) is 2.75. The molecule has 0 saturated heterocycles. The molecule has 1 aromatic heterocycles. The first-order chi connectivity index (χ1) is 9.13. The maximum Gasteiger partial charge on any atom is 0.240 e. The van der Waals surface area contributed by atoms with Crippen LogP contribution in [0.25, 0.3) is 0 Å². The fourth-order valence-electron chi connectivity index (χ4n) is 1.36. The number of nitrogens with zero attached hydrogens (tertiary/aromatic N) is 3. The zero-order chi connectivity index (χ0) is 13.8. The molecule has 0 amide bonds. The van der Waals surface area contributed by atoms with E-state index in [1.807, 2.05) is 6.07 Å². The number of ether oxygens (including phenoxy) is 1. The van der Waals surface area contributed by atoms with Crippen LogP contribution in [0.3, 0.4) is 0 Å². The molecule has 0 unspecified atom stereocenters. The van der Waals surface area contributed by atoms with Gasteiger partial charge in [0.15, 0.2) is 11.6 Å². The van der Waals surface area contributed by atoms with E-state index in [1.54, 1.807) is 6.92 Å². The second-order valence-electron chi connectivity index (χ2n) is 3.69. The van der Waals surface area contributed by atoms with Crippen molar-refractivity contribution in [2.45, 2.75) is 6.92 Å². The number of rotatable bonds is 3. The van der Waals surface area contributed by atoms with Gasteiger partial charge in [-0.3, -0.25) is 5.43 Å². The van der Waals surface area contributed by atoms with Gasteiger partial charge in [-0.25, -0.2) is 15.2 Å². The molecule has 96 valence electrons. The van der Waals surface area contributed by atoms with Crippen molar-refractivity contribution >= 4 is 5.95 Å². The van der Waals surface area contributed by atoms with Gasteiger partial charge in [0.25, 0.3) is 0 Å². The number of benzene rings is 1. The Bertz CT molecular complexity index is 653. The van der Waals surface area contributed by atoms with Gasteiger partial charge in [0.2, 0.25) is 11.8 Å². The largest absolute Gasteiger partial charge is 0.435 e. The van der Waals surface area contributed by atoms with Crippen LogP contribution in [-0.4, -0.2) is 9.97 Å². The molecule has 0 atom stereocenters. The number of nitrogens with two attached hydrogens (primary N) is 1. The van der Waals surface area contributed by atoms with E-state index in [4.69, 9.17) is 15.8 Å². The third-order valence-corrected chi connectivity index (χ3v) is 2.32. The first-order valence-corrected chi connectivity index (χ1v) is 5.32. The number of nitrogens with one attached hydrogen (secondary N) is 1. The lowest BCUT2D eigenvalue weighted by Crippen LogP contribution is -2.11. The Morgan fingerprint density at radius 1 is 1.47 bits per heavy atom. The van der Waals surface area contributed by atoms with Crippen molar-refractivity contribution in [3.05, 3.63) is 41.3 Å². The topological polar surface area (TPSA) is 96.8 Å². The summed E-state index contributed by atoms with van der Waals surface area (Å²) >= 11 is 0. The molecule has 0 radical (unpaired) electrons. The molecule has 0 aliphatic heterocycles. The second-order valence-corrected chi connectivity index (χ2v) is 3.69. The van der Waals surface area contributed by atoms with E-state index in [2.05, 4.69) is 15.4 Å². The van der Waals surface area contributed by atoms with Crippen molar-refractivity contribution < 1.29 is 9.13 Å². The minimum absolute atomic E-state index is 0.0243. The lowest BCUT2D eigenvalue weighted by molar-refractivity contribution is 0.424. The molecule has 1 aromatic carbocycles. The predicted molar refractivity (Wildman–Crippen MR) is 65.8 cm³/mol. The number of nitrogen functional groups attached to an aromatic ring is 1. The van der Waals surface area contributed by atoms with E-state index in [1.165, 1.54) is 18.3 Å². The molecule has 0 bridgehead atoms. The van der Waals surface area contributed by atoms with Crippen molar-refractivity contribution in [1.82, 2.24) is 9.97 Å². The van der Waals surface area contributed by atoms with Crippen LogP contribution in [-0.2, 0) is 0 Å². The van der Waals surface area contributed by atoms with Crippen LogP contribution >= 0.6 is 0 Å². The first kappa shape index (κ1) is 12.7. The maximum atomic E-state index is 13.7. The quantitative estimate of drug-likeness (QED) is 0.645. The molecule has 6 nitrogen and oxygen atoms in total. The number of hydrogen-bond donors (Lipinski definition) is 2. The van der Waals surface area contributed by atoms with Crippen molar-refractivity contribution in [3.63, 3.8) is 0 Å². The van der Waals surface area contributed by atoms with Crippen molar-refractivity contribution in [2.75, 3.05) is 5.43 Å². The monoisotopic (exact) mass is 259 g/mol. The third-order valence-electron chi connectivity index (χ3n) is 2.32. The predicted octanol–water partition coefficient (Wildman–Crippen LogP) is 1.87. The minimum atomic E-state index is -0.640. The fraction of sp³-hybridized carbons (Fsp3) is 0.0833. The number of aryl methyl sites for hydroxylation is 1. The first-order valence-electron chi connectivity index (χ1n) is 5.32. The van der Waals surface area contributed by atoms with Crippen LogP contribution in [0.15, 0.2) is 24.4 Å². The Hall–Kier alpha value is -2.72. The smallest absolute Gasteiger partial charge is 0.240 e. The highest BCUT2D eigenvalue weighted by molar-refractivity contribution is 5.39. The number of anilines is 1. The van der Waals surface area contributed by atoms with Crippen molar-refractivity contribution in [3.8, 4) is 17.7 Å². The lowest BCUT2D eigenvalue weighted by Gasteiger charge is -2.09. The summed E-state index contributed by atoms with van der Waals surface area (Å²) in [5.74, 6) is 4.87. The SMILES string of the molecule is Cc1cnc(NN)nc1Oc1ccc(C#N)cc1F. The van der Waals surface area contributed by atoms with Crippen LogP contribution < -0.4 is 16.0 Å². The van der Waals surface area contributed by atoms with Gasteiger partial charge in [-0.15, -0.1) is 0 Å². The Labute approximate surface area is 108 Å². The molecule has 7 heteroatoms. The molecule has 2 rings (SSSR count). The Morgan fingerprint density at radius 3 is 2.89 bits per heavy atom. The summed E-state index contributed by atoms with van der Waals surface area (Å²) in [6.45, 7) is 1.72. The van der Waals surface area contributed by atoms with E-state index < -0.39 is 5.82 Å². The van der Waals surface area contributed by atoms with Gasteiger partial charge in [-0.05, 0) is 25.1 Å². The maximum absolute atomic E-state index is 13.7. The number of hydrogen-bond acceptors (Lipinski definition) is 6. The van der Waals surface area contributed by atoms with Crippen LogP contribution in [0.1, 0.15) is 11.1 Å². The average molecular weight is 259 g/mol. The normalized spacial score (nSPS) is 9.79. The summed E-state index contributed by atoms with van der Waals surface area (Å²) in [5.41, 5.74) is 3.12. The molecule has 3 N–H and O–H groups in total. The molecule has 2 aromatic rings. The van der Waals surface area contributed by atoms with Crippen LogP contribution in [0, 0.1) is 24.1 Å². The van der Waals surface area contributed by atoms with E-state index in [-0.39, 0.29) is 23.1 Å². The molecule has 0 saturated carbocycles. The second kappa shape index (κ2) is 5.29. The van der Waals surface area contributed by atoms with Crippen LogP contribution in [0.5, 0.6) is 11.6 Å². The number of aromatic nitrogens is 2. The molecule has 0 fully saturated rings. The van der Waals surface area contributed by atoms with Gasteiger partial charge >= 0.3 is 0 Å². The zero-order valence-electron chi connectivity index (χ0n) is 10.0.